The number of aromatic nitrogens is 4. The maximum absolute atomic E-state index is 12.7. The van der Waals surface area contributed by atoms with Crippen molar-refractivity contribution in [3.05, 3.63) is 24.0 Å². The Morgan fingerprint density at radius 2 is 2.18 bits per heavy atom. The molecule has 4 heterocycles. The summed E-state index contributed by atoms with van der Waals surface area (Å²) < 4.78 is 14.4. The predicted molar refractivity (Wildman–Crippen MR) is 122 cm³/mol. The highest BCUT2D eigenvalue weighted by molar-refractivity contribution is 7.10. The average Bonchev–Trinajstić information content (AvgIpc) is 3.58. The highest BCUT2D eigenvalue weighted by Gasteiger charge is 2.42. The quantitative estimate of drug-likeness (QED) is 0.450. The van der Waals surface area contributed by atoms with Crippen molar-refractivity contribution in [3.8, 4) is 12.1 Å². The number of amides is 2. The number of pyridine rings is 1. The Balaban J connectivity index is 1.16. The van der Waals surface area contributed by atoms with E-state index in [2.05, 4.69) is 36.0 Å². The molecule has 2 amide bonds. The summed E-state index contributed by atoms with van der Waals surface area (Å²) in [4.78, 5) is 26.1. The number of urea groups is 1. The molecule has 1 saturated heterocycles. The van der Waals surface area contributed by atoms with E-state index >= 15 is 0 Å². The minimum Gasteiger partial charge on any atom is -0.460 e. The third kappa shape index (κ3) is 4.42. The first-order chi connectivity index (χ1) is 16.1. The lowest BCUT2D eigenvalue weighted by molar-refractivity contribution is 0.141. The molecule has 3 N–H and O–H groups in total. The van der Waals surface area contributed by atoms with E-state index in [-0.39, 0.29) is 18.1 Å². The standard InChI is InChI=1S/C21H24N8O3S/c1-31-4-5-32-19-26-20(33-28-19)27-21(30)29-10-12-6-15(7-13(12)11-29)25-17-14(8-22)9-24-18-16(17)2-3-23-18/h2-3,9,12-13,15H,4-7,10-11H2,1H3,(H2,23,24,25)(H,26,27,28,30)/t12-,13+,15+. The first kappa shape index (κ1) is 21.4. The van der Waals surface area contributed by atoms with Gasteiger partial charge in [0.2, 0.25) is 5.13 Å². The molecule has 3 aromatic heterocycles. The van der Waals surface area contributed by atoms with Gasteiger partial charge < -0.3 is 24.7 Å². The zero-order valence-corrected chi connectivity index (χ0v) is 18.9. The van der Waals surface area contributed by atoms with Crippen molar-refractivity contribution < 1.29 is 14.3 Å². The Morgan fingerprint density at radius 3 is 2.94 bits per heavy atom. The molecule has 0 spiro atoms. The smallest absolute Gasteiger partial charge is 0.330 e. The number of methoxy groups -OCH3 is 1. The van der Waals surface area contributed by atoms with Crippen LogP contribution in [0.5, 0.6) is 6.01 Å². The van der Waals surface area contributed by atoms with E-state index in [1.165, 1.54) is 0 Å². The van der Waals surface area contributed by atoms with Crippen molar-refractivity contribution in [1.82, 2.24) is 24.2 Å². The van der Waals surface area contributed by atoms with Gasteiger partial charge >= 0.3 is 12.0 Å². The molecule has 2 fully saturated rings. The van der Waals surface area contributed by atoms with E-state index in [0.717, 1.165) is 41.1 Å². The number of likely N-dealkylation sites (tertiary alicyclic amines) is 1. The number of nitriles is 1. The molecule has 12 heteroatoms. The van der Waals surface area contributed by atoms with Crippen molar-refractivity contribution in [2.75, 3.05) is 44.0 Å². The molecule has 0 aromatic carbocycles. The van der Waals surface area contributed by atoms with Crippen molar-refractivity contribution >= 4 is 39.4 Å². The van der Waals surface area contributed by atoms with Gasteiger partial charge in [0.25, 0.3) is 0 Å². The Hall–Kier alpha value is -3.43. The van der Waals surface area contributed by atoms with Gasteiger partial charge in [0.05, 0.1) is 17.9 Å². The number of H-pyrrole nitrogens is 1. The number of aromatic amines is 1. The molecule has 3 aromatic rings. The molecule has 2 aliphatic rings. The van der Waals surface area contributed by atoms with Gasteiger partial charge in [-0.2, -0.15) is 10.2 Å². The molecule has 33 heavy (non-hydrogen) atoms. The maximum atomic E-state index is 12.7. The van der Waals surface area contributed by atoms with Gasteiger partial charge in [-0.25, -0.2) is 9.78 Å². The first-order valence-electron chi connectivity index (χ1n) is 10.8. The van der Waals surface area contributed by atoms with Gasteiger partial charge in [-0.15, -0.1) is 4.37 Å². The van der Waals surface area contributed by atoms with E-state index in [0.29, 0.717) is 48.8 Å². The maximum Gasteiger partial charge on any atom is 0.330 e. The number of nitrogens with one attached hydrogen (secondary N) is 3. The monoisotopic (exact) mass is 468 g/mol. The number of anilines is 2. The number of rotatable bonds is 7. The zero-order valence-electron chi connectivity index (χ0n) is 18.1. The molecule has 1 aliphatic heterocycles. The molecule has 0 radical (unpaired) electrons. The van der Waals surface area contributed by atoms with E-state index < -0.39 is 0 Å². The van der Waals surface area contributed by atoms with Gasteiger partial charge in [-0.1, -0.05) is 0 Å². The van der Waals surface area contributed by atoms with Crippen LogP contribution in [0.2, 0.25) is 0 Å². The SMILES string of the molecule is COCCOc1nsc(NC(=O)N2C[C@H]3C[C@H](Nc4c(C#N)cnc5[nH]ccc45)C[C@H]3C2)n1. The van der Waals surface area contributed by atoms with Crippen molar-refractivity contribution in [3.63, 3.8) is 0 Å². The van der Waals surface area contributed by atoms with Crippen LogP contribution < -0.4 is 15.4 Å². The van der Waals surface area contributed by atoms with Gasteiger partial charge in [0, 0.05) is 55.6 Å². The van der Waals surface area contributed by atoms with Gasteiger partial charge in [0.15, 0.2) is 0 Å². The summed E-state index contributed by atoms with van der Waals surface area (Å²) in [6, 6.07) is 4.51. The Morgan fingerprint density at radius 1 is 1.36 bits per heavy atom. The predicted octanol–water partition coefficient (Wildman–Crippen LogP) is 2.67. The molecule has 3 atom stereocenters. The molecular weight excluding hydrogens is 444 g/mol. The molecule has 1 saturated carbocycles. The van der Waals surface area contributed by atoms with Crippen LogP contribution in [0.1, 0.15) is 18.4 Å². The molecule has 5 rings (SSSR count). The van der Waals surface area contributed by atoms with E-state index in [1.807, 2.05) is 17.2 Å². The van der Waals surface area contributed by atoms with Crippen LogP contribution in [0.3, 0.4) is 0 Å². The second-order valence-corrected chi connectivity index (χ2v) is 9.04. The highest BCUT2D eigenvalue weighted by atomic mass is 32.1. The lowest BCUT2D eigenvalue weighted by Gasteiger charge is -2.21. The molecule has 1 aliphatic carbocycles. The lowest BCUT2D eigenvalue weighted by atomic mass is 10.0. The Bertz CT molecular complexity index is 1170. The normalized spacial score (nSPS) is 21.7. The second-order valence-electron chi connectivity index (χ2n) is 8.29. The number of hydrogen-bond donors (Lipinski definition) is 3. The fourth-order valence-corrected chi connectivity index (χ4v) is 5.25. The van der Waals surface area contributed by atoms with Crippen molar-refractivity contribution in [1.29, 1.82) is 5.26 Å². The summed E-state index contributed by atoms with van der Waals surface area (Å²) in [6.07, 6.45) is 5.33. The van der Waals surface area contributed by atoms with Crippen LogP contribution in [0, 0.1) is 23.2 Å². The minimum absolute atomic E-state index is 0.163. The van der Waals surface area contributed by atoms with Gasteiger partial charge in [-0.3, -0.25) is 5.32 Å². The third-order valence-electron chi connectivity index (χ3n) is 6.23. The van der Waals surface area contributed by atoms with E-state index in [4.69, 9.17) is 9.47 Å². The number of carbonyl (C=O) groups excluding carboxylic acids is 1. The highest BCUT2D eigenvalue weighted by Crippen LogP contribution is 2.40. The molecule has 172 valence electrons. The number of carbonyl (C=O) groups is 1. The van der Waals surface area contributed by atoms with Crippen LogP contribution in [0.25, 0.3) is 11.0 Å². The van der Waals surface area contributed by atoms with Crippen LogP contribution in [-0.2, 0) is 4.74 Å². The van der Waals surface area contributed by atoms with Crippen molar-refractivity contribution in [2.24, 2.45) is 11.8 Å². The molecule has 0 bridgehead atoms. The second kappa shape index (κ2) is 9.21. The van der Waals surface area contributed by atoms with E-state index in [9.17, 15) is 10.1 Å². The van der Waals surface area contributed by atoms with Gasteiger partial charge in [-0.05, 0) is 30.7 Å². The zero-order chi connectivity index (χ0) is 22.8. The first-order valence-corrected chi connectivity index (χ1v) is 11.6. The third-order valence-corrected chi connectivity index (χ3v) is 6.85. The van der Waals surface area contributed by atoms with Gasteiger partial charge in [0.1, 0.15) is 18.3 Å². The average molecular weight is 469 g/mol. The summed E-state index contributed by atoms with van der Waals surface area (Å²) in [5, 5.41) is 17.3. The fourth-order valence-electron chi connectivity index (χ4n) is 4.74. The Kier molecular flexibility index (Phi) is 5.97. The largest absolute Gasteiger partial charge is 0.460 e. The molecular formula is C21H24N8O3S. The summed E-state index contributed by atoms with van der Waals surface area (Å²) in [7, 11) is 1.59. The molecule has 11 nitrogen and oxygen atoms in total. The topological polar surface area (TPSA) is 141 Å². The summed E-state index contributed by atoms with van der Waals surface area (Å²) in [5.41, 5.74) is 2.15. The molecule has 0 unspecified atom stereocenters. The summed E-state index contributed by atoms with van der Waals surface area (Å²) in [6.45, 7) is 2.20. The fraction of sp³-hybridized carbons (Fsp3) is 0.476. The minimum atomic E-state index is -0.163. The number of hydrogen-bond acceptors (Lipinski definition) is 9. The summed E-state index contributed by atoms with van der Waals surface area (Å²) >= 11 is 1.09. The Labute approximate surface area is 194 Å². The van der Waals surface area contributed by atoms with E-state index in [1.54, 1.807) is 13.3 Å². The number of nitrogens with zero attached hydrogens (tertiary/aromatic N) is 5. The van der Waals surface area contributed by atoms with Crippen LogP contribution >= 0.6 is 11.5 Å². The van der Waals surface area contributed by atoms with Crippen LogP contribution in [-0.4, -0.2) is 69.7 Å². The summed E-state index contributed by atoms with van der Waals surface area (Å²) in [5.74, 6) is 0.842. The number of ether oxygens (including phenoxy) is 2. The van der Waals surface area contributed by atoms with Crippen molar-refractivity contribution in [2.45, 2.75) is 18.9 Å². The van der Waals surface area contributed by atoms with Crippen LogP contribution in [0.4, 0.5) is 15.6 Å². The van der Waals surface area contributed by atoms with Crippen LogP contribution in [0.15, 0.2) is 18.5 Å². The lowest BCUT2D eigenvalue weighted by Crippen LogP contribution is -2.34. The number of fused-ring (bicyclic) bond motifs is 2.